The standard InChI is InChI=1S/C15H20N4O2/c1-15(2,10-5-7-11(21-4)8-6-10)18-14(20)12-9-17-19(3)13(12)16/h5-9H,16H2,1-4H3,(H,18,20). The van der Waals surface area contributed by atoms with Crippen LogP contribution in [0.15, 0.2) is 30.5 Å². The second kappa shape index (κ2) is 5.47. The summed E-state index contributed by atoms with van der Waals surface area (Å²) in [5, 5.41) is 6.94. The zero-order chi connectivity index (χ0) is 15.6. The van der Waals surface area contributed by atoms with E-state index in [1.807, 2.05) is 38.1 Å². The first-order valence-corrected chi connectivity index (χ1v) is 6.59. The molecule has 0 spiro atoms. The van der Waals surface area contributed by atoms with Crippen LogP contribution in [0.5, 0.6) is 5.75 Å². The minimum Gasteiger partial charge on any atom is -0.497 e. The zero-order valence-electron chi connectivity index (χ0n) is 12.7. The van der Waals surface area contributed by atoms with Crippen LogP contribution >= 0.6 is 0 Å². The number of carbonyl (C=O) groups excluding carboxylic acids is 1. The maximum Gasteiger partial charge on any atom is 0.257 e. The van der Waals surface area contributed by atoms with Gasteiger partial charge in [-0.25, -0.2) is 0 Å². The number of amides is 1. The highest BCUT2D eigenvalue weighted by molar-refractivity contribution is 5.98. The second-order valence-corrected chi connectivity index (χ2v) is 5.37. The maximum atomic E-state index is 12.3. The van der Waals surface area contributed by atoms with Crippen molar-refractivity contribution in [1.29, 1.82) is 0 Å². The molecule has 6 nitrogen and oxygen atoms in total. The van der Waals surface area contributed by atoms with Gasteiger partial charge in [0, 0.05) is 7.05 Å². The van der Waals surface area contributed by atoms with E-state index in [9.17, 15) is 4.79 Å². The number of rotatable bonds is 4. The van der Waals surface area contributed by atoms with Gasteiger partial charge in [0.2, 0.25) is 0 Å². The molecular formula is C15H20N4O2. The van der Waals surface area contributed by atoms with Crippen molar-refractivity contribution in [2.45, 2.75) is 19.4 Å². The third-order valence-electron chi connectivity index (χ3n) is 3.47. The molecule has 2 rings (SSSR count). The molecular weight excluding hydrogens is 268 g/mol. The highest BCUT2D eigenvalue weighted by Gasteiger charge is 2.25. The SMILES string of the molecule is COc1ccc(C(C)(C)NC(=O)c2cnn(C)c2N)cc1. The van der Waals surface area contributed by atoms with E-state index in [4.69, 9.17) is 10.5 Å². The smallest absolute Gasteiger partial charge is 0.257 e. The number of aryl methyl sites for hydroxylation is 1. The van der Waals surface area contributed by atoms with Gasteiger partial charge < -0.3 is 15.8 Å². The van der Waals surface area contributed by atoms with Gasteiger partial charge in [-0.3, -0.25) is 9.48 Å². The van der Waals surface area contributed by atoms with Gasteiger partial charge in [-0.1, -0.05) is 12.1 Å². The van der Waals surface area contributed by atoms with E-state index < -0.39 is 5.54 Å². The summed E-state index contributed by atoms with van der Waals surface area (Å²) in [6.45, 7) is 3.86. The number of nitrogens with two attached hydrogens (primary N) is 1. The van der Waals surface area contributed by atoms with Crippen LogP contribution in [0.25, 0.3) is 0 Å². The molecule has 0 bridgehead atoms. The number of nitrogens with one attached hydrogen (secondary N) is 1. The largest absolute Gasteiger partial charge is 0.497 e. The van der Waals surface area contributed by atoms with Gasteiger partial charge in [0.15, 0.2) is 0 Å². The average molecular weight is 288 g/mol. The number of methoxy groups -OCH3 is 1. The first-order valence-electron chi connectivity index (χ1n) is 6.59. The maximum absolute atomic E-state index is 12.3. The topological polar surface area (TPSA) is 82.2 Å². The lowest BCUT2D eigenvalue weighted by Crippen LogP contribution is -2.41. The average Bonchev–Trinajstić information content (AvgIpc) is 2.78. The monoisotopic (exact) mass is 288 g/mol. The summed E-state index contributed by atoms with van der Waals surface area (Å²) >= 11 is 0. The Morgan fingerprint density at radius 1 is 1.33 bits per heavy atom. The molecule has 1 aromatic heterocycles. The number of benzene rings is 1. The fourth-order valence-electron chi connectivity index (χ4n) is 2.05. The normalized spacial score (nSPS) is 11.2. The van der Waals surface area contributed by atoms with E-state index in [0.29, 0.717) is 11.4 Å². The summed E-state index contributed by atoms with van der Waals surface area (Å²) in [7, 11) is 3.31. The van der Waals surface area contributed by atoms with Crippen LogP contribution in [0.4, 0.5) is 5.82 Å². The van der Waals surface area contributed by atoms with Gasteiger partial charge in [0.25, 0.3) is 5.91 Å². The van der Waals surface area contributed by atoms with Gasteiger partial charge in [-0.2, -0.15) is 5.10 Å². The summed E-state index contributed by atoms with van der Waals surface area (Å²) in [6.07, 6.45) is 1.47. The quantitative estimate of drug-likeness (QED) is 0.896. The summed E-state index contributed by atoms with van der Waals surface area (Å²) < 4.78 is 6.60. The molecule has 0 saturated heterocycles. The summed E-state index contributed by atoms with van der Waals surface area (Å²) in [4.78, 5) is 12.3. The molecule has 0 aliphatic carbocycles. The predicted octanol–water partition coefficient (Wildman–Crippen LogP) is 1.68. The number of anilines is 1. The lowest BCUT2D eigenvalue weighted by molar-refractivity contribution is 0.0913. The highest BCUT2D eigenvalue weighted by atomic mass is 16.5. The molecule has 2 aromatic rings. The molecule has 3 N–H and O–H groups in total. The molecule has 0 fully saturated rings. The van der Waals surface area contributed by atoms with Crippen molar-refractivity contribution in [1.82, 2.24) is 15.1 Å². The number of hydrogen-bond donors (Lipinski definition) is 2. The van der Waals surface area contributed by atoms with E-state index in [-0.39, 0.29) is 5.91 Å². The summed E-state index contributed by atoms with van der Waals surface area (Å²) in [6, 6.07) is 7.57. The number of nitrogen functional groups attached to an aromatic ring is 1. The molecule has 21 heavy (non-hydrogen) atoms. The molecule has 0 atom stereocenters. The van der Waals surface area contributed by atoms with Crippen molar-refractivity contribution in [3.8, 4) is 5.75 Å². The lowest BCUT2D eigenvalue weighted by Gasteiger charge is -2.27. The molecule has 0 saturated carbocycles. The van der Waals surface area contributed by atoms with Crippen molar-refractivity contribution in [2.75, 3.05) is 12.8 Å². The van der Waals surface area contributed by atoms with Crippen LogP contribution in [-0.2, 0) is 12.6 Å². The first kappa shape index (κ1) is 14.9. The Labute approximate surface area is 123 Å². The van der Waals surface area contributed by atoms with Gasteiger partial charge in [0.1, 0.15) is 17.1 Å². The van der Waals surface area contributed by atoms with Gasteiger partial charge in [-0.15, -0.1) is 0 Å². The molecule has 0 aliphatic rings. The summed E-state index contributed by atoms with van der Waals surface area (Å²) in [5.41, 5.74) is 6.63. The highest BCUT2D eigenvalue weighted by Crippen LogP contribution is 2.23. The Hall–Kier alpha value is -2.50. The van der Waals surface area contributed by atoms with E-state index in [1.54, 1.807) is 14.2 Å². The van der Waals surface area contributed by atoms with Crippen LogP contribution in [-0.4, -0.2) is 22.8 Å². The van der Waals surface area contributed by atoms with Crippen LogP contribution in [0.3, 0.4) is 0 Å². The number of carbonyl (C=O) groups is 1. The third kappa shape index (κ3) is 2.99. The Kier molecular flexibility index (Phi) is 3.88. The fourth-order valence-corrected chi connectivity index (χ4v) is 2.05. The van der Waals surface area contributed by atoms with E-state index in [2.05, 4.69) is 10.4 Å². The van der Waals surface area contributed by atoms with Crippen molar-refractivity contribution in [3.05, 3.63) is 41.6 Å². The minimum atomic E-state index is -0.536. The van der Waals surface area contributed by atoms with Crippen LogP contribution in [0.2, 0.25) is 0 Å². The minimum absolute atomic E-state index is 0.249. The molecule has 1 amide bonds. The Balaban J connectivity index is 2.19. The van der Waals surface area contributed by atoms with Gasteiger partial charge >= 0.3 is 0 Å². The Morgan fingerprint density at radius 3 is 2.43 bits per heavy atom. The van der Waals surface area contributed by atoms with E-state index in [1.165, 1.54) is 10.9 Å². The van der Waals surface area contributed by atoms with Crippen molar-refractivity contribution in [2.24, 2.45) is 7.05 Å². The molecule has 1 aromatic carbocycles. The van der Waals surface area contributed by atoms with E-state index >= 15 is 0 Å². The van der Waals surface area contributed by atoms with Gasteiger partial charge in [0.05, 0.1) is 18.8 Å². The van der Waals surface area contributed by atoms with Crippen LogP contribution in [0, 0.1) is 0 Å². The van der Waals surface area contributed by atoms with Crippen molar-refractivity contribution in [3.63, 3.8) is 0 Å². The third-order valence-corrected chi connectivity index (χ3v) is 3.47. The molecule has 1 heterocycles. The second-order valence-electron chi connectivity index (χ2n) is 5.37. The Morgan fingerprint density at radius 2 is 1.95 bits per heavy atom. The molecule has 0 aliphatic heterocycles. The predicted molar refractivity (Wildman–Crippen MR) is 81.1 cm³/mol. The van der Waals surface area contributed by atoms with Crippen LogP contribution < -0.4 is 15.8 Å². The van der Waals surface area contributed by atoms with Crippen LogP contribution in [0.1, 0.15) is 29.8 Å². The number of ether oxygens (including phenoxy) is 1. The molecule has 6 heteroatoms. The number of aromatic nitrogens is 2. The lowest BCUT2D eigenvalue weighted by atomic mass is 9.94. The number of nitrogens with zero attached hydrogens (tertiary/aromatic N) is 2. The zero-order valence-corrected chi connectivity index (χ0v) is 12.7. The fraction of sp³-hybridized carbons (Fsp3) is 0.333. The van der Waals surface area contributed by atoms with Crippen molar-refractivity contribution < 1.29 is 9.53 Å². The molecule has 112 valence electrons. The molecule has 0 radical (unpaired) electrons. The molecule has 0 unspecified atom stereocenters. The number of hydrogen-bond acceptors (Lipinski definition) is 4. The first-order chi connectivity index (χ1) is 9.85. The summed E-state index contributed by atoms with van der Waals surface area (Å²) in [5.74, 6) is 0.872. The van der Waals surface area contributed by atoms with E-state index in [0.717, 1.165) is 11.3 Å². The Bertz CT molecular complexity index is 644. The van der Waals surface area contributed by atoms with Gasteiger partial charge in [-0.05, 0) is 31.5 Å². The van der Waals surface area contributed by atoms with Crippen molar-refractivity contribution >= 4 is 11.7 Å².